The molecule has 0 amide bonds. The third-order valence-corrected chi connectivity index (χ3v) is 3.86. The molecular formula is C20H17NO2. The molecule has 114 valence electrons. The number of phenols is 1. The molecule has 0 aromatic heterocycles. The molecule has 3 rings (SSSR count). The van der Waals surface area contributed by atoms with Crippen LogP contribution in [-0.2, 0) is 0 Å². The van der Waals surface area contributed by atoms with Crippen LogP contribution in [0.4, 0.5) is 5.69 Å². The van der Waals surface area contributed by atoms with Gasteiger partial charge in [-0.3, -0.25) is 4.79 Å². The van der Waals surface area contributed by atoms with Crippen LogP contribution in [0.15, 0.2) is 66.7 Å². The van der Waals surface area contributed by atoms with Crippen LogP contribution in [-0.4, -0.2) is 18.4 Å². The topological polar surface area (TPSA) is 49.3 Å². The zero-order chi connectivity index (χ0) is 16.2. The molecule has 0 saturated carbocycles. The number of hydrogen-bond donors (Lipinski definition) is 2. The number of rotatable bonds is 4. The summed E-state index contributed by atoms with van der Waals surface area (Å²) in [4.78, 5) is 11.4. The fourth-order valence-corrected chi connectivity index (χ4v) is 2.77. The van der Waals surface area contributed by atoms with E-state index in [4.69, 9.17) is 0 Å². The average molecular weight is 303 g/mol. The highest BCUT2D eigenvalue weighted by atomic mass is 16.3. The van der Waals surface area contributed by atoms with Gasteiger partial charge in [-0.25, -0.2) is 0 Å². The van der Waals surface area contributed by atoms with Crippen LogP contribution in [0.25, 0.3) is 22.3 Å². The van der Waals surface area contributed by atoms with Crippen LogP contribution >= 0.6 is 0 Å². The maximum atomic E-state index is 11.4. The molecule has 0 unspecified atom stereocenters. The molecule has 3 aromatic rings. The lowest BCUT2D eigenvalue weighted by atomic mass is 9.91. The van der Waals surface area contributed by atoms with E-state index in [0.29, 0.717) is 5.56 Å². The SMILES string of the molecule is CNc1c(C=O)ccc(-c2ccccc2)c1-c1ccc(O)cc1. The van der Waals surface area contributed by atoms with Gasteiger partial charge in [-0.05, 0) is 34.9 Å². The third-order valence-electron chi connectivity index (χ3n) is 3.86. The maximum absolute atomic E-state index is 11.4. The summed E-state index contributed by atoms with van der Waals surface area (Å²) in [6.45, 7) is 0. The van der Waals surface area contributed by atoms with Crippen LogP contribution in [0.1, 0.15) is 10.4 Å². The van der Waals surface area contributed by atoms with Gasteiger partial charge in [-0.2, -0.15) is 0 Å². The monoisotopic (exact) mass is 303 g/mol. The number of carbonyl (C=O) groups excluding carboxylic acids is 1. The fourth-order valence-electron chi connectivity index (χ4n) is 2.77. The Hall–Kier alpha value is -3.07. The van der Waals surface area contributed by atoms with Gasteiger partial charge in [0, 0.05) is 18.2 Å². The minimum Gasteiger partial charge on any atom is -0.508 e. The lowest BCUT2D eigenvalue weighted by Crippen LogP contribution is -1.99. The van der Waals surface area contributed by atoms with Crippen LogP contribution in [0.3, 0.4) is 0 Å². The molecule has 0 atom stereocenters. The molecule has 0 saturated heterocycles. The van der Waals surface area contributed by atoms with Crippen molar-refractivity contribution in [3.05, 3.63) is 72.3 Å². The van der Waals surface area contributed by atoms with Gasteiger partial charge in [0.25, 0.3) is 0 Å². The van der Waals surface area contributed by atoms with E-state index < -0.39 is 0 Å². The van der Waals surface area contributed by atoms with Gasteiger partial charge in [0.15, 0.2) is 6.29 Å². The lowest BCUT2D eigenvalue weighted by Gasteiger charge is -2.17. The Balaban J connectivity index is 2.32. The molecule has 2 N–H and O–H groups in total. The molecule has 23 heavy (non-hydrogen) atoms. The minimum atomic E-state index is 0.215. The number of aldehydes is 1. The summed E-state index contributed by atoms with van der Waals surface area (Å²) in [6, 6.07) is 20.8. The largest absolute Gasteiger partial charge is 0.508 e. The zero-order valence-electron chi connectivity index (χ0n) is 12.8. The van der Waals surface area contributed by atoms with Gasteiger partial charge in [0.1, 0.15) is 5.75 Å². The van der Waals surface area contributed by atoms with Crippen molar-refractivity contribution in [2.24, 2.45) is 0 Å². The second kappa shape index (κ2) is 6.36. The van der Waals surface area contributed by atoms with Crippen molar-refractivity contribution in [3.8, 4) is 28.0 Å². The summed E-state index contributed by atoms with van der Waals surface area (Å²) in [5, 5.41) is 12.7. The summed E-state index contributed by atoms with van der Waals surface area (Å²) in [7, 11) is 1.81. The summed E-state index contributed by atoms with van der Waals surface area (Å²) < 4.78 is 0. The molecule has 0 radical (unpaired) electrons. The van der Waals surface area contributed by atoms with Gasteiger partial charge in [-0.1, -0.05) is 48.5 Å². The Morgan fingerprint density at radius 2 is 1.57 bits per heavy atom. The van der Waals surface area contributed by atoms with E-state index in [-0.39, 0.29) is 5.75 Å². The first-order valence-corrected chi connectivity index (χ1v) is 7.39. The van der Waals surface area contributed by atoms with Gasteiger partial charge in [0.2, 0.25) is 0 Å². The predicted octanol–water partition coefficient (Wildman–Crippen LogP) is 4.58. The Kier molecular flexibility index (Phi) is 4.11. The summed E-state index contributed by atoms with van der Waals surface area (Å²) in [6.07, 6.45) is 0.852. The van der Waals surface area contributed by atoms with Crippen LogP contribution in [0.2, 0.25) is 0 Å². The molecule has 0 heterocycles. The van der Waals surface area contributed by atoms with Crippen molar-refractivity contribution in [3.63, 3.8) is 0 Å². The van der Waals surface area contributed by atoms with E-state index in [9.17, 15) is 9.90 Å². The van der Waals surface area contributed by atoms with Gasteiger partial charge in [0.05, 0.1) is 5.69 Å². The van der Waals surface area contributed by atoms with Crippen molar-refractivity contribution >= 4 is 12.0 Å². The van der Waals surface area contributed by atoms with Gasteiger partial charge >= 0.3 is 0 Å². The molecule has 0 fully saturated rings. The Morgan fingerprint density at radius 3 is 2.17 bits per heavy atom. The third kappa shape index (κ3) is 2.81. The van der Waals surface area contributed by atoms with Crippen LogP contribution < -0.4 is 5.32 Å². The predicted molar refractivity (Wildman–Crippen MR) is 93.9 cm³/mol. The van der Waals surface area contributed by atoms with E-state index in [1.54, 1.807) is 19.2 Å². The average Bonchev–Trinajstić information content (AvgIpc) is 2.62. The maximum Gasteiger partial charge on any atom is 0.152 e. The normalized spacial score (nSPS) is 10.3. The van der Waals surface area contributed by atoms with Crippen molar-refractivity contribution in [1.29, 1.82) is 0 Å². The minimum absolute atomic E-state index is 0.215. The van der Waals surface area contributed by atoms with E-state index in [1.165, 1.54) is 0 Å². The Labute approximate surface area is 135 Å². The molecule has 0 bridgehead atoms. The van der Waals surface area contributed by atoms with E-state index >= 15 is 0 Å². The number of nitrogens with one attached hydrogen (secondary N) is 1. The summed E-state index contributed by atoms with van der Waals surface area (Å²) in [5.74, 6) is 0.215. The number of phenolic OH excluding ortho intramolecular Hbond substituents is 1. The number of carbonyl (C=O) groups is 1. The molecule has 3 aromatic carbocycles. The van der Waals surface area contributed by atoms with Gasteiger partial charge in [-0.15, -0.1) is 0 Å². The Morgan fingerprint density at radius 1 is 0.870 bits per heavy atom. The molecule has 3 nitrogen and oxygen atoms in total. The molecule has 0 aliphatic heterocycles. The van der Waals surface area contributed by atoms with Crippen molar-refractivity contribution < 1.29 is 9.90 Å². The highest BCUT2D eigenvalue weighted by Gasteiger charge is 2.15. The van der Waals surface area contributed by atoms with E-state index in [2.05, 4.69) is 5.32 Å². The number of hydrogen-bond acceptors (Lipinski definition) is 3. The second-order valence-electron chi connectivity index (χ2n) is 5.23. The fraction of sp³-hybridized carbons (Fsp3) is 0.0500. The highest BCUT2D eigenvalue weighted by Crippen LogP contribution is 2.39. The second-order valence-corrected chi connectivity index (χ2v) is 5.23. The molecule has 3 heteroatoms. The Bertz CT molecular complexity index is 824. The molecule has 0 spiro atoms. The summed E-state index contributed by atoms with van der Waals surface area (Å²) >= 11 is 0. The molecule has 0 aliphatic carbocycles. The number of anilines is 1. The first-order valence-electron chi connectivity index (χ1n) is 7.39. The standard InChI is InChI=1S/C20H17NO2/c1-21-20-16(13-22)9-12-18(14-5-3-2-4-6-14)19(20)15-7-10-17(23)11-8-15/h2-13,21,23H,1H3. The van der Waals surface area contributed by atoms with Crippen molar-refractivity contribution in [2.75, 3.05) is 12.4 Å². The first kappa shape index (κ1) is 14.9. The molecule has 0 aliphatic rings. The van der Waals surface area contributed by atoms with E-state index in [0.717, 1.165) is 34.2 Å². The molecular weight excluding hydrogens is 286 g/mol. The zero-order valence-corrected chi connectivity index (χ0v) is 12.8. The highest BCUT2D eigenvalue weighted by molar-refractivity contribution is 5.99. The quantitative estimate of drug-likeness (QED) is 0.694. The lowest BCUT2D eigenvalue weighted by molar-refractivity contribution is 0.112. The van der Waals surface area contributed by atoms with Crippen LogP contribution in [0.5, 0.6) is 5.75 Å². The summed E-state index contributed by atoms with van der Waals surface area (Å²) in [5.41, 5.74) is 5.39. The first-order chi connectivity index (χ1) is 11.2. The van der Waals surface area contributed by atoms with Crippen molar-refractivity contribution in [1.82, 2.24) is 0 Å². The number of benzene rings is 3. The van der Waals surface area contributed by atoms with Crippen LogP contribution in [0, 0.1) is 0 Å². The number of aromatic hydroxyl groups is 1. The van der Waals surface area contributed by atoms with Crippen molar-refractivity contribution in [2.45, 2.75) is 0 Å². The smallest absolute Gasteiger partial charge is 0.152 e. The van der Waals surface area contributed by atoms with Gasteiger partial charge < -0.3 is 10.4 Å². The van der Waals surface area contributed by atoms with E-state index in [1.807, 2.05) is 54.6 Å².